The maximum atomic E-state index is 11.5. The van der Waals surface area contributed by atoms with Crippen LogP contribution in [0.25, 0.3) is 0 Å². The maximum Gasteiger partial charge on any atom is 0.214 e. The molecule has 0 aromatic rings. The predicted molar refractivity (Wildman–Crippen MR) is 61.7 cm³/mol. The van der Waals surface area contributed by atoms with Gasteiger partial charge < -0.3 is 10.5 Å². The summed E-state index contributed by atoms with van der Waals surface area (Å²) in [5, 5.41) is 0. The largest absolute Gasteiger partial charge is 0.377 e. The van der Waals surface area contributed by atoms with Gasteiger partial charge in [-0.25, -0.2) is 13.1 Å². The standard InChI is InChI=1S/C8H18N2O3S.ClH/c1-7(5-9)10-14(11,12)6-8-3-2-4-13-8;/h7-8,10H,2-6,9H2,1H3;1H/t7-,8?;/m1./s1. The molecule has 0 radical (unpaired) electrons. The molecule has 1 saturated heterocycles. The van der Waals surface area contributed by atoms with Gasteiger partial charge in [-0.3, -0.25) is 0 Å². The van der Waals surface area contributed by atoms with Crippen molar-refractivity contribution in [3.05, 3.63) is 0 Å². The smallest absolute Gasteiger partial charge is 0.214 e. The third kappa shape index (κ3) is 5.67. The van der Waals surface area contributed by atoms with E-state index in [0.29, 0.717) is 13.2 Å². The molecule has 1 aliphatic rings. The molecule has 92 valence electrons. The van der Waals surface area contributed by atoms with Crippen LogP contribution in [0.15, 0.2) is 0 Å². The third-order valence-electron chi connectivity index (χ3n) is 2.16. The Morgan fingerprint density at radius 2 is 2.27 bits per heavy atom. The van der Waals surface area contributed by atoms with Gasteiger partial charge in [0.15, 0.2) is 0 Å². The zero-order valence-corrected chi connectivity index (χ0v) is 10.4. The molecule has 1 heterocycles. The number of sulfonamides is 1. The molecule has 7 heteroatoms. The number of rotatable bonds is 5. The molecule has 0 aromatic carbocycles. The second kappa shape index (κ2) is 6.65. The van der Waals surface area contributed by atoms with E-state index < -0.39 is 10.0 Å². The summed E-state index contributed by atoms with van der Waals surface area (Å²) in [6.45, 7) is 2.73. The lowest BCUT2D eigenvalue weighted by Gasteiger charge is -2.14. The molecule has 15 heavy (non-hydrogen) atoms. The minimum Gasteiger partial charge on any atom is -0.377 e. The highest BCUT2D eigenvalue weighted by molar-refractivity contribution is 7.89. The van der Waals surface area contributed by atoms with Crippen molar-refractivity contribution in [3.63, 3.8) is 0 Å². The second-order valence-corrected chi connectivity index (χ2v) is 5.47. The van der Waals surface area contributed by atoms with E-state index in [-0.39, 0.29) is 30.3 Å². The molecule has 1 aliphatic heterocycles. The van der Waals surface area contributed by atoms with E-state index >= 15 is 0 Å². The van der Waals surface area contributed by atoms with Crippen LogP contribution in [0.5, 0.6) is 0 Å². The van der Waals surface area contributed by atoms with Gasteiger partial charge in [-0.2, -0.15) is 0 Å². The molecule has 0 saturated carbocycles. The molecule has 0 aliphatic carbocycles. The van der Waals surface area contributed by atoms with E-state index in [2.05, 4.69) is 4.72 Å². The first-order valence-electron chi connectivity index (χ1n) is 4.85. The average Bonchev–Trinajstić information content (AvgIpc) is 2.54. The highest BCUT2D eigenvalue weighted by Gasteiger charge is 2.23. The van der Waals surface area contributed by atoms with Crippen molar-refractivity contribution in [1.82, 2.24) is 4.72 Å². The Hall–Kier alpha value is 0.120. The first-order valence-corrected chi connectivity index (χ1v) is 6.50. The Labute approximate surface area is 97.2 Å². The summed E-state index contributed by atoms with van der Waals surface area (Å²) in [6.07, 6.45) is 1.64. The Kier molecular flexibility index (Phi) is 6.70. The lowest BCUT2D eigenvalue weighted by molar-refractivity contribution is 0.127. The van der Waals surface area contributed by atoms with Crippen LogP contribution in [0.2, 0.25) is 0 Å². The molecule has 3 N–H and O–H groups in total. The fourth-order valence-corrected chi connectivity index (χ4v) is 2.98. The number of nitrogens with one attached hydrogen (secondary N) is 1. The minimum atomic E-state index is -3.23. The molecule has 5 nitrogen and oxygen atoms in total. The number of ether oxygens (including phenoxy) is 1. The highest BCUT2D eigenvalue weighted by atomic mass is 35.5. The first kappa shape index (κ1) is 15.1. The average molecular weight is 259 g/mol. The van der Waals surface area contributed by atoms with Crippen LogP contribution in [-0.2, 0) is 14.8 Å². The summed E-state index contributed by atoms with van der Waals surface area (Å²) in [7, 11) is -3.23. The number of hydrogen-bond donors (Lipinski definition) is 2. The van der Waals surface area contributed by atoms with Crippen molar-refractivity contribution in [2.24, 2.45) is 5.73 Å². The fraction of sp³-hybridized carbons (Fsp3) is 1.00. The molecule has 1 fully saturated rings. The van der Waals surface area contributed by atoms with Gasteiger partial charge in [0, 0.05) is 19.2 Å². The Morgan fingerprint density at radius 1 is 1.60 bits per heavy atom. The fourth-order valence-electron chi connectivity index (χ4n) is 1.42. The van der Waals surface area contributed by atoms with Crippen LogP contribution in [0, 0.1) is 0 Å². The summed E-state index contributed by atoms with van der Waals surface area (Å²) in [5.74, 6) is 0.0529. The van der Waals surface area contributed by atoms with Crippen molar-refractivity contribution < 1.29 is 13.2 Å². The van der Waals surface area contributed by atoms with Crippen molar-refractivity contribution in [2.45, 2.75) is 31.9 Å². The zero-order valence-electron chi connectivity index (χ0n) is 8.81. The number of hydrogen-bond acceptors (Lipinski definition) is 4. The molecule has 0 bridgehead atoms. The highest BCUT2D eigenvalue weighted by Crippen LogP contribution is 2.13. The van der Waals surface area contributed by atoms with Gasteiger partial charge in [0.25, 0.3) is 0 Å². The van der Waals surface area contributed by atoms with Crippen molar-refractivity contribution in [2.75, 3.05) is 18.9 Å². The van der Waals surface area contributed by atoms with Gasteiger partial charge in [0.2, 0.25) is 10.0 Å². The SMILES string of the molecule is C[C@H](CN)NS(=O)(=O)CC1CCCO1.Cl. The van der Waals surface area contributed by atoms with E-state index in [0.717, 1.165) is 12.8 Å². The van der Waals surface area contributed by atoms with E-state index in [1.54, 1.807) is 6.92 Å². The van der Waals surface area contributed by atoms with Crippen LogP contribution in [-0.4, -0.2) is 39.5 Å². The molecule has 1 unspecified atom stereocenters. The van der Waals surface area contributed by atoms with Crippen molar-refractivity contribution in [1.29, 1.82) is 0 Å². The van der Waals surface area contributed by atoms with Gasteiger partial charge in [-0.1, -0.05) is 0 Å². The minimum absolute atomic E-state index is 0. The maximum absolute atomic E-state index is 11.5. The van der Waals surface area contributed by atoms with Gasteiger partial charge in [-0.15, -0.1) is 12.4 Å². The van der Waals surface area contributed by atoms with Gasteiger partial charge in [0.05, 0.1) is 11.9 Å². The van der Waals surface area contributed by atoms with Gasteiger partial charge in [0.1, 0.15) is 0 Å². The Balaban J connectivity index is 0.00000196. The molecule has 0 amide bonds. The summed E-state index contributed by atoms with van der Waals surface area (Å²) in [6, 6.07) is -0.207. The molecule has 0 aromatic heterocycles. The topological polar surface area (TPSA) is 81.4 Å². The normalized spacial score (nSPS) is 23.5. The van der Waals surface area contributed by atoms with E-state index in [4.69, 9.17) is 10.5 Å². The molecular weight excluding hydrogens is 240 g/mol. The molecular formula is C8H19ClN2O3S. The predicted octanol–water partition coefficient (Wildman–Crippen LogP) is -0.146. The van der Waals surface area contributed by atoms with E-state index in [9.17, 15) is 8.42 Å². The number of nitrogens with two attached hydrogens (primary N) is 1. The molecule has 0 spiro atoms. The summed E-state index contributed by atoms with van der Waals surface area (Å²) >= 11 is 0. The zero-order chi connectivity index (χ0) is 10.6. The summed E-state index contributed by atoms with van der Waals surface area (Å²) < 4.78 is 30.8. The van der Waals surface area contributed by atoms with Crippen LogP contribution < -0.4 is 10.5 Å². The summed E-state index contributed by atoms with van der Waals surface area (Å²) in [4.78, 5) is 0. The first-order chi connectivity index (χ1) is 6.53. The monoisotopic (exact) mass is 258 g/mol. The van der Waals surface area contributed by atoms with Crippen molar-refractivity contribution in [3.8, 4) is 0 Å². The van der Waals surface area contributed by atoms with Crippen LogP contribution in [0.3, 0.4) is 0 Å². The van der Waals surface area contributed by atoms with Gasteiger partial charge in [-0.05, 0) is 19.8 Å². The lowest BCUT2D eigenvalue weighted by Crippen LogP contribution is -2.41. The summed E-state index contributed by atoms with van der Waals surface area (Å²) in [5.41, 5.74) is 5.33. The lowest BCUT2D eigenvalue weighted by atomic mass is 10.3. The van der Waals surface area contributed by atoms with Crippen molar-refractivity contribution >= 4 is 22.4 Å². The van der Waals surface area contributed by atoms with E-state index in [1.807, 2.05) is 0 Å². The van der Waals surface area contributed by atoms with Crippen LogP contribution in [0.4, 0.5) is 0 Å². The quantitative estimate of drug-likeness (QED) is 0.719. The molecule has 1 rings (SSSR count). The van der Waals surface area contributed by atoms with E-state index in [1.165, 1.54) is 0 Å². The van der Waals surface area contributed by atoms with Crippen LogP contribution in [0.1, 0.15) is 19.8 Å². The third-order valence-corrected chi connectivity index (χ3v) is 3.74. The Morgan fingerprint density at radius 3 is 2.73 bits per heavy atom. The second-order valence-electron chi connectivity index (χ2n) is 3.67. The molecule has 2 atom stereocenters. The van der Waals surface area contributed by atoms with Crippen LogP contribution >= 0.6 is 12.4 Å². The number of halogens is 1. The Bertz CT molecular complexity index is 265. The van der Waals surface area contributed by atoms with Gasteiger partial charge >= 0.3 is 0 Å².